The molecule has 1 saturated carbocycles. The molecule has 0 amide bonds. The molecule has 120 valence electrons. The number of rotatable bonds is 4. The van der Waals surface area contributed by atoms with Crippen molar-refractivity contribution < 1.29 is 14.0 Å². The molecule has 3 rings (SSSR count). The zero-order valence-corrected chi connectivity index (χ0v) is 15.7. The molecule has 0 aromatic rings. The van der Waals surface area contributed by atoms with Crippen LogP contribution in [-0.2, 0) is 14.0 Å². The first kappa shape index (κ1) is 16.9. The van der Waals surface area contributed by atoms with Gasteiger partial charge in [-0.15, -0.1) is 0 Å². The summed E-state index contributed by atoms with van der Waals surface area (Å²) in [6, 6.07) is 0. The molecule has 0 spiro atoms. The number of ketones is 1. The summed E-state index contributed by atoms with van der Waals surface area (Å²) >= 11 is 0. The molecule has 0 aromatic carbocycles. The van der Waals surface area contributed by atoms with E-state index < -0.39 is 13.9 Å². The van der Waals surface area contributed by atoms with Crippen LogP contribution < -0.4 is 0 Å². The number of Topliss-reactive ketones (excluding diaryl/α,β-unsaturated/α-hetero) is 1. The molecule has 1 fully saturated rings. The fourth-order valence-electron chi connectivity index (χ4n) is 4.89. The van der Waals surface area contributed by atoms with Gasteiger partial charge < -0.3 is 9.16 Å². The Morgan fingerprint density at radius 2 is 1.90 bits per heavy atom. The highest BCUT2D eigenvalue weighted by molar-refractivity contribution is 6.69. The normalized spacial score (nSPS) is 38.3. The van der Waals surface area contributed by atoms with Crippen molar-refractivity contribution in [3.8, 4) is 0 Å². The molecule has 3 nitrogen and oxygen atoms in total. The molecular formula is C17H30O3Si. The first-order chi connectivity index (χ1) is 9.43. The van der Waals surface area contributed by atoms with Crippen molar-refractivity contribution in [3.05, 3.63) is 11.6 Å². The highest BCUT2D eigenvalue weighted by Crippen LogP contribution is 2.58. The molecule has 0 unspecified atom stereocenters. The molecule has 4 atom stereocenters. The van der Waals surface area contributed by atoms with Gasteiger partial charge in [0.15, 0.2) is 8.32 Å². The average molecular weight is 311 g/mol. The lowest BCUT2D eigenvalue weighted by atomic mass is 9.50. The van der Waals surface area contributed by atoms with Gasteiger partial charge in [-0.1, -0.05) is 25.5 Å². The molecular weight excluding hydrogens is 280 g/mol. The number of hydrogen-bond acceptors (Lipinski definition) is 3. The summed E-state index contributed by atoms with van der Waals surface area (Å²) in [6.45, 7) is 15.0. The second-order valence-corrected chi connectivity index (χ2v) is 12.9. The molecule has 0 saturated heterocycles. The van der Waals surface area contributed by atoms with Gasteiger partial charge in [-0.2, -0.15) is 0 Å². The van der Waals surface area contributed by atoms with Gasteiger partial charge in [-0.05, 0) is 45.3 Å². The lowest BCUT2D eigenvalue weighted by Crippen LogP contribution is -2.66. The van der Waals surface area contributed by atoms with Crippen LogP contribution in [0.15, 0.2) is 11.6 Å². The average Bonchev–Trinajstić information content (AvgIpc) is 2.21. The SMILES string of the molecule is CO[C@H]1[C@H]2C(C)=C[C@](O[Si](C)(C)C)(CC2(C)C)[C@@H]1C(C)=O. The maximum atomic E-state index is 12.4. The molecule has 4 heteroatoms. The first-order valence-corrected chi connectivity index (χ1v) is 11.3. The monoisotopic (exact) mass is 310 g/mol. The van der Waals surface area contributed by atoms with Crippen LogP contribution in [0.4, 0.5) is 0 Å². The number of hydrogen-bond donors (Lipinski definition) is 0. The van der Waals surface area contributed by atoms with Gasteiger partial charge in [-0.3, -0.25) is 4.79 Å². The van der Waals surface area contributed by atoms with Gasteiger partial charge in [-0.25, -0.2) is 0 Å². The highest BCUT2D eigenvalue weighted by Gasteiger charge is 2.62. The van der Waals surface area contributed by atoms with E-state index in [0.717, 1.165) is 6.42 Å². The van der Waals surface area contributed by atoms with Gasteiger partial charge in [0, 0.05) is 13.0 Å². The third-order valence-corrected chi connectivity index (χ3v) is 5.92. The van der Waals surface area contributed by atoms with Crippen molar-refractivity contribution in [2.45, 2.75) is 65.5 Å². The summed E-state index contributed by atoms with van der Waals surface area (Å²) in [5.74, 6) is 0.295. The Labute approximate surface area is 130 Å². The van der Waals surface area contributed by atoms with E-state index in [1.54, 1.807) is 14.0 Å². The fourth-order valence-corrected chi connectivity index (χ4v) is 6.28. The van der Waals surface area contributed by atoms with Crippen LogP contribution in [0.5, 0.6) is 0 Å². The quantitative estimate of drug-likeness (QED) is 0.585. The van der Waals surface area contributed by atoms with Gasteiger partial charge in [0.1, 0.15) is 5.78 Å². The second-order valence-electron chi connectivity index (χ2n) is 8.49. The van der Waals surface area contributed by atoms with Crippen molar-refractivity contribution in [1.29, 1.82) is 0 Å². The second kappa shape index (κ2) is 5.03. The Balaban J connectivity index is 2.60. The molecule has 2 bridgehead atoms. The van der Waals surface area contributed by atoms with Crippen molar-refractivity contribution >= 4 is 14.1 Å². The zero-order chi connectivity index (χ0) is 16.2. The fraction of sp³-hybridized carbons (Fsp3) is 0.824. The molecule has 0 N–H and O–H groups in total. The summed E-state index contributed by atoms with van der Waals surface area (Å²) < 4.78 is 12.4. The maximum absolute atomic E-state index is 12.4. The Bertz CT molecular complexity index is 475. The van der Waals surface area contributed by atoms with E-state index >= 15 is 0 Å². The van der Waals surface area contributed by atoms with E-state index in [4.69, 9.17) is 9.16 Å². The van der Waals surface area contributed by atoms with Crippen LogP contribution in [0.1, 0.15) is 34.1 Å². The first-order valence-electron chi connectivity index (χ1n) is 7.86. The van der Waals surface area contributed by atoms with E-state index in [2.05, 4.69) is 46.5 Å². The molecule has 3 aliphatic rings. The summed E-state index contributed by atoms with van der Waals surface area (Å²) in [6.07, 6.45) is 3.06. The Morgan fingerprint density at radius 3 is 2.29 bits per heavy atom. The van der Waals surface area contributed by atoms with E-state index in [9.17, 15) is 4.79 Å². The third kappa shape index (κ3) is 2.78. The lowest BCUT2D eigenvalue weighted by Gasteiger charge is -2.61. The van der Waals surface area contributed by atoms with Crippen LogP contribution in [0.2, 0.25) is 19.6 Å². The number of ether oxygens (including phenoxy) is 1. The van der Waals surface area contributed by atoms with Crippen LogP contribution in [0.3, 0.4) is 0 Å². The van der Waals surface area contributed by atoms with Gasteiger partial charge >= 0.3 is 0 Å². The van der Waals surface area contributed by atoms with E-state index in [0.29, 0.717) is 5.92 Å². The summed E-state index contributed by atoms with van der Waals surface area (Å²) in [4.78, 5) is 12.4. The molecule has 21 heavy (non-hydrogen) atoms. The molecule has 0 heterocycles. The van der Waals surface area contributed by atoms with Gasteiger partial charge in [0.25, 0.3) is 0 Å². The molecule has 0 aliphatic heterocycles. The number of carbonyl (C=O) groups excluding carboxylic acids is 1. The van der Waals surface area contributed by atoms with Gasteiger partial charge in [0.05, 0.1) is 17.6 Å². The van der Waals surface area contributed by atoms with Crippen LogP contribution in [0.25, 0.3) is 0 Å². The Morgan fingerprint density at radius 1 is 1.33 bits per heavy atom. The van der Waals surface area contributed by atoms with E-state index in [1.165, 1.54) is 5.57 Å². The van der Waals surface area contributed by atoms with E-state index in [-0.39, 0.29) is 23.2 Å². The summed E-state index contributed by atoms with van der Waals surface area (Å²) in [7, 11) is -0.0588. The van der Waals surface area contributed by atoms with E-state index in [1.807, 2.05) is 0 Å². The Kier molecular flexibility index (Phi) is 4.05. The van der Waals surface area contributed by atoms with Crippen molar-refractivity contribution in [1.82, 2.24) is 0 Å². The minimum Gasteiger partial charge on any atom is -0.408 e. The molecule has 0 radical (unpaired) electrons. The van der Waals surface area contributed by atoms with Crippen LogP contribution >= 0.6 is 0 Å². The minimum absolute atomic E-state index is 0.0763. The zero-order valence-electron chi connectivity index (χ0n) is 14.7. The summed E-state index contributed by atoms with van der Waals surface area (Å²) in [5.41, 5.74) is 0.915. The van der Waals surface area contributed by atoms with Crippen LogP contribution in [-0.4, -0.2) is 32.9 Å². The predicted octanol–water partition coefficient (Wildman–Crippen LogP) is 3.80. The van der Waals surface area contributed by atoms with Crippen molar-refractivity contribution in [2.24, 2.45) is 17.3 Å². The molecule has 3 aliphatic carbocycles. The van der Waals surface area contributed by atoms with Crippen molar-refractivity contribution in [2.75, 3.05) is 7.11 Å². The van der Waals surface area contributed by atoms with Crippen molar-refractivity contribution in [3.63, 3.8) is 0 Å². The summed E-state index contributed by atoms with van der Waals surface area (Å²) in [5, 5.41) is 0. The number of fused-ring (bicyclic) bond motifs is 2. The lowest BCUT2D eigenvalue weighted by molar-refractivity contribution is -0.168. The smallest absolute Gasteiger partial charge is 0.184 e. The largest absolute Gasteiger partial charge is 0.408 e. The predicted molar refractivity (Wildman–Crippen MR) is 87.8 cm³/mol. The topological polar surface area (TPSA) is 35.5 Å². The standard InChI is InChI=1S/C17H30O3Si/c1-11-9-17(20-21(6,7)8)10-16(3,4)13(11)15(19-5)14(17)12(2)18/h9,13-15H,10H2,1-8H3/t13-,14-,15+,17+/m1/s1. The maximum Gasteiger partial charge on any atom is 0.184 e. The Hall–Kier alpha value is -0.453. The van der Waals surface area contributed by atoms with Gasteiger partial charge in [0.2, 0.25) is 0 Å². The number of methoxy groups -OCH3 is 1. The highest BCUT2D eigenvalue weighted by atomic mass is 28.4. The number of carbonyl (C=O) groups is 1. The molecule has 0 aromatic heterocycles. The minimum atomic E-state index is -1.79. The van der Waals surface area contributed by atoms with Crippen LogP contribution in [0, 0.1) is 17.3 Å². The third-order valence-electron chi connectivity index (χ3n) is 4.93.